The Kier molecular flexibility index (Phi) is 1.90. The first-order valence-corrected chi connectivity index (χ1v) is 3.22. The van der Waals surface area contributed by atoms with Crippen molar-refractivity contribution in [3.8, 4) is 0 Å². The highest BCUT2D eigenvalue weighted by atomic mass is 19.3. The molecule has 0 aliphatic heterocycles. The van der Waals surface area contributed by atoms with Gasteiger partial charge in [-0.1, -0.05) is 0 Å². The Morgan fingerprint density at radius 1 is 1.40 bits per heavy atom. The van der Waals surface area contributed by atoms with E-state index in [1.807, 2.05) is 0 Å². The molecule has 1 fully saturated rings. The van der Waals surface area contributed by atoms with E-state index in [2.05, 4.69) is 0 Å². The Labute approximate surface area is 56.8 Å². The Morgan fingerprint density at radius 2 is 2.00 bits per heavy atom. The Bertz CT molecular complexity index is 126. The zero-order chi connectivity index (χ0) is 7.78. The van der Waals surface area contributed by atoms with E-state index in [-0.39, 0.29) is 6.42 Å². The van der Waals surface area contributed by atoms with Gasteiger partial charge in [-0.2, -0.15) is 0 Å². The highest BCUT2D eigenvalue weighted by Gasteiger charge is 2.44. The molecule has 0 aromatic rings. The molecule has 10 heavy (non-hydrogen) atoms. The van der Waals surface area contributed by atoms with Crippen molar-refractivity contribution in [2.45, 2.75) is 37.5 Å². The summed E-state index contributed by atoms with van der Waals surface area (Å²) >= 11 is 0. The summed E-state index contributed by atoms with van der Waals surface area (Å²) in [6, 6.07) is 0. The molecule has 0 radical (unpaired) electrons. The van der Waals surface area contributed by atoms with Gasteiger partial charge in [0.2, 0.25) is 0 Å². The number of rotatable bonds is 0. The van der Waals surface area contributed by atoms with Gasteiger partial charge in [0.05, 0.1) is 6.10 Å². The molecule has 1 N–H and O–H groups in total. The molecule has 0 unspecified atom stereocenters. The number of alkyl halides is 3. The van der Waals surface area contributed by atoms with E-state index in [9.17, 15) is 13.2 Å². The molecule has 0 bridgehead atoms. The Morgan fingerprint density at radius 3 is 2.40 bits per heavy atom. The minimum Gasteiger partial charge on any atom is -0.393 e. The lowest BCUT2D eigenvalue weighted by molar-refractivity contribution is -0.121. The average Bonchev–Trinajstić information content (AvgIpc) is 1.81. The molecule has 2 atom stereocenters. The van der Waals surface area contributed by atoms with Crippen LogP contribution in [0.25, 0.3) is 0 Å². The van der Waals surface area contributed by atoms with Gasteiger partial charge in [-0.15, -0.1) is 0 Å². The van der Waals surface area contributed by atoms with E-state index in [1.54, 1.807) is 0 Å². The topological polar surface area (TPSA) is 20.2 Å². The molecule has 1 aliphatic rings. The van der Waals surface area contributed by atoms with Crippen molar-refractivity contribution in [1.29, 1.82) is 0 Å². The normalized spacial score (nSPS) is 39.6. The maximum atomic E-state index is 12.3. The van der Waals surface area contributed by atoms with Crippen LogP contribution in [0.4, 0.5) is 13.2 Å². The average molecular weight is 154 g/mol. The van der Waals surface area contributed by atoms with Gasteiger partial charge < -0.3 is 5.11 Å². The van der Waals surface area contributed by atoms with Crippen LogP contribution < -0.4 is 0 Å². The van der Waals surface area contributed by atoms with Crippen LogP contribution in [0.2, 0.25) is 0 Å². The third kappa shape index (κ3) is 1.42. The standard InChI is InChI=1S/C6H9F3O/c7-5-3-4(10)1-2-6(5,8)9/h4-5,10H,1-3H2/t4-,5-/m0/s1. The van der Waals surface area contributed by atoms with Gasteiger partial charge in [0, 0.05) is 12.8 Å². The predicted molar refractivity (Wildman–Crippen MR) is 29.7 cm³/mol. The summed E-state index contributed by atoms with van der Waals surface area (Å²) in [7, 11) is 0. The fourth-order valence-corrected chi connectivity index (χ4v) is 1.04. The minimum atomic E-state index is -3.21. The van der Waals surface area contributed by atoms with E-state index in [1.165, 1.54) is 0 Å². The van der Waals surface area contributed by atoms with Gasteiger partial charge >= 0.3 is 0 Å². The molecule has 4 heteroatoms. The van der Waals surface area contributed by atoms with Gasteiger partial charge in [-0.05, 0) is 6.42 Å². The molecule has 0 aromatic carbocycles. The maximum Gasteiger partial charge on any atom is 0.278 e. The monoisotopic (exact) mass is 154 g/mol. The number of halogens is 3. The molecule has 1 aliphatic carbocycles. The second-order valence-corrected chi connectivity index (χ2v) is 2.66. The van der Waals surface area contributed by atoms with E-state index in [0.29, 0.717) is 0 Å². The first-order chi connectivity index (χ1) is 4.52. The molecular formula is C6H9F3O. The number of hydrogen-bond donors (Lipinski definition) is 1. The molecule has 0 heterocycles. The van der Waals surface area contributed by atoms with E-state index < -0.39 is 31.0 Å². The fraction of sp³-hybridized carbons (Fsp3) is 1.00. The summed E-state index contributed by atoms with van der Waals surface area (Å²) in [5, 5.41) is 8.74. The van der Waals surface area contributed by atoms with Crippen LogP contribution in [0, 0.1) is 0 Å². The predicted octanol–water partition coefficient (Wildman–Crippen LogP) is 1.50. The molecule has 1 rings (SSSR count). The van der Waals surface area contributed by atoms with Crippen molar-refractivity contribution in [3.63, 3.8) is 0 Å². The first kappa shape index (κ1) is 7.85. The minimum absolute atomic E-state index is 0.00736. The summed E-state index contributed by atoms with van der Waals surface area (Å²) < 4.78 is 36.9. The molecule has 1 saturated carbocycles. The SMILES string of the molecule is O[C@H]1CCC(F)(F)[C@@H](F)C1. The molecule has 60 valence electrons. The molecule has 0 saturated heterocycles. The summed E-state index contributed by atoms with van der Waals surface area (Å²) in [4.78, 5) is 0. The van der Waals surface area contributed by atoms with Gasteiger partial charge in [0.15, 0.2) is 6.17 Å². The zero-order valence-corrected chi connectivity index (χ0v) is 5.36. The van der Waals surface area contributed by atoms with Crippen molar-refractivity contribution >= 4 is 0 Å². The number of aliphatic hydroxyl groups excluding tert-OH is 1. The zero-order valence-electron chi connectivity index (χ0n) is 5.36. The molecule has 0 aromatic heterocycles. The van der Waals surface area contributed by atoms with Gasteiger partial charge in [-0.3, -0.25) is 0 Å². The largest absolute Gasteiger partial charge is 0.393 e. The van der Waals surface area contributed by atoms with Crippen molar-refractivity contribution in [2.75, 3.05) is 0 Å². The number of hydrogen-bond acceptors (Lipinski definition) is 1. The van der Waals surface area contributed by atoms with Crippen LogP contribution in [0.5, 0.6) is 0 Å². The van der Waals surface area contributed by atoms with Crippen LogP contribution in [0.3, 0.4) is 0 Å². The van der Waals surface area contributed by atoms with Crippen molar-refractivity contribution < 1.29 is 18.3 Å². The van der Waals surface area contributed by atoms with Gasteiger partial charge in [-0.25, -0.2) is 13.2 Å². The van der Waals surface area contributed by atoms with Crippen LogP contribution in [-0.4, -0.2) is 23.3 Å². The molecular weight excluding hydrogens is 145 g/mol. The van der Waals surface area contributed by atoms with Gasteiger partial charge in [0.1, 0.15) is 0 Å². The van der Waals surface area contributed by atoms with Crippen molar-refractivity contribution in [3.05, 3.63) is 0 Å². The third-order valence-corrected chi connectivity index (χ3v) is 1.75. The van der Waals surface area contributed by atoms with Crippen LogP contribution in [-0.2, 0) is 0 Å². The van der Waals surface area contributed by atoms with Gasteiger partial charge in [0.25, 0.3) is 5.92 Å². The lowest BCUT2D eigenvalue weighted by Gasteiger charge is -2.28. The summed E-state index contributed by atoms with van der Waals surface area (Å²) in [5.74, 6) is -3.21. The molecule has 0 spiro atoms. The molecule has 0 amide bonds. The highest BCUT2D eigenvalue weighted by Crippen LogP contribution is 2.35. The van der Waals surface area contributed by atoms with Crippen LogP contribution >= 0.6 is 0 Å². The highest BCUT2D eigenvalue weighted by molar-refractivity contribution is 4.85. The lowest BCUT2D eigenvalue weighted by atomic mass is 9.93. The molecule has 1 nitrogen and oxygen atoms in total. The first-order valence-electron chi connectivity index (χ1n) is 3.22. The van der Waals surface area contributed by atoms with Crippen molar-refractivity contribution in [1.82, 2.24) is 0 Å². The Hall–Kier alpha value is -0.250. The quantitative estimate of drug-likeness (QED) is 0.560. The van der Waals surface area contributed by atoms with E-state index >= 15 is 0 Å². The fourth-order valence-electron chi connectivity index (χ4n) is 1.04. The maximum absolute atomic E-state index is 12.3. The Balaban J connectivity index is 2.52. The lowest BCUT2D eigenvalue weighted by Crippen LogP contribution is -2.38. The third-order valence-electron chi connectivity index (χ3n) is 1.75. The smallest absolute Gasteiger partial charge is 0.278 e. The van der Waals surface area contributed by atoms with E-state index in [4.69, 9.17) is 5.11 Å². The summed E-state index contributed by atoms with van der Waals surface area (Å²) in [5.41, 5.74) is 0. The van der Waals surface area contributed by atoms with Crippen LogP contribution in [0.1, 0.15) is 19.3 Å². The number of aliphatic hydroxyl groups is 1. The van der Waals surface area contributed by atoms with E-state index in [0.717, 1.165) is 0 Å². The van der Waals surface area contributed by atoms with Crippen LogP contribution in [0.15, 0.2) is 0 Å². The second-order valence-electron chi connectivity index (χ2n) is 2.66. The second kappa shape index (κ2) is 2.42. The summed E-state index contributed by atoms with van der Waals surface area (Å²) in [6.45, 7) is 0. The summed E-state index contributed by atoms with van der Waals surface area (Å²) in [6.07, 6.45) is -3.98. The van der Waals surface area contributed by atoms with Crippen molar-refractivity contribution in [2.24, 2.45) is 0 Å².